The highest BCUT2D eigenvalue weighted by Gasteiger charge is 2.35. The van der Waals surface area contributed by atoms with Gasteiger partial charge in [-0.25, -0.2) is 4.79 Å². The van der Waals surface area contributed by atoms with Gasteiger partial charge in [0.15, 0.2) is 0 Å². The Morgan fingerprint density at radius 2 is 1.92 bits per heavy atom. The van der Waals surface area contributed by atoms with Gasteiger partial charge in [-0.3, -0.25) is 0 Å². The normalized spacial score (nSPS) is 19.8. The van der Waals surface area contributed by atoms with Gasteiger partial charge in [0.1, 0.15) is 11.9 Å². The summed E-state index contributed by atoms with van der Waals surface area (Å²) in [5.41, 5.74) is 2.07. The zero-order valence-electron chi connectivity index (χ0n) is 15.3. The number of carbonyl (C=O) groups excluding carboxylic acids is 1. The summed E-state index contributed by atoms with van der Waals surface area (Å²) >= 11 is 6.08. The minimum atomic E-state index is -0.403. The van der Waals surface area contributed by atoms with Crippen LogP contribution < -0.4 is 10.1 Å². The van der Waals surface area contributed by atoms with E-state index in [1.165, 1.54) is 0 Å². The van der Waals surface area contributed by atoms with Crippen LogP contribution in [0.2, 0.25) is 5.02 Å². The molecule has 0 saturated carbocycles. The second kappa shape index (κ2) is 7.58. The SMILES string of the molecule is CC(C)(C)COc1cccc(CC2NC(=O)OC2c2cccc(Cl)c2)c1. The van der Waals surface area contributed by atoms with Crippen molar-refractivity contribution in [3.05, 3.63) is 64.7 Å². The number of carbonyl (C=O) groups is 1. The lowest BCUT2D eigenvalue weighted by Gasteiger charge is -2.20. The molecule has 2 aromatic carbocycles. The molecule has 0 bridgehead atoms. The van der Waals surface area contributed by atoms with Crippen LogP contribution in [0.5, 0.6) is 5.75 Å². The number of alkyl carbamates (subject to hydrolysis) is 1. The summed E-state index contributed by atoms with van der Waals surface area (Å²) in [7, 11) is 0. The van der Waals surface area contributed by atoms with Gasteiger partial charge < -0.3 is 14.8 Å². The highest BCUT2D eigenvalue weighted by molar-refractivity contribution is 6.30. The highest BCUT2D eigenvalue weighted by atomic mass is 35.5. The number of rotatable bonds is 5. The summed E-state index contributed by atoms with van der Waals surface area (Å²) in [5, 5.41) is 3.53. The van der Waals surface area contributed by atoms with E-state index in [0.29, 0.717) is 18.1 Å². The van der Waals surface area contributed by atoms with E-state index >= 15 is 0 Å². The average Bonchev–Trinajstić information content (AvgIpc) is 2.93. The molecule has 0 aromatic heterocycles. The summed E-state index contributed by atoms with van der Waals surface area (Å²) in [4.78, 5) is 11.8. The Morgan fingerprint density at radius 3 is 2.65 bits per heavy atom. The Hall–Kier alpha value is -2.20. The molecule has 1 N–H and O–H groups in total. The summed E-state index contributed by atoms with van der Waals surface area (Å²) < 4.78 is 11.4. The second-order valence-corrected chi connectivity index (χ2v) is 8.27. The third-order valence-corrected chi connectivity index (χ3v) is 4.34. The van der Waals surface area contributed by atoms with E-state index in [1.54, 1.807) is 6.07 Å². The molecule has 0 radical (unpaired) electrons. The van der Waals surface area contributed by atoms with E-state index in [-0.39, 0.29) is 17.6 Å². The van der Waals surface area contributed by atoms with Crippen LogP contribution in [0.3, 0.4) is 0 Å². The lowest BCUT2D eigenvalue weighted by molar-refractivity contribution is 0.132. The molecule has 1 saturated heterocycles. The molecule has 2 unspecified atom stereocenters. The molecule has 2 atom stereocenters. The van der Waals surface area contributed by atoms with Crippen molar-refractivity contribution in [2.75, 3.05) is 6.61 Å². The van der Waals surface area contributed by atoms with Crippen LogP contribution >= 0.6 is 11.6 Å². The first kappa shape index (κ1) is 18.6. The molecule has 1 aliphatic heterocycles. The van der Waals surface area contributed by atoms with Gasteiger partial charge in [0, 0.05) is 5.02 Å². The number of nitrogens with one attached hydrogen (secondary N) is 1. The fraction of sp³-hybridized carbons (Fsp3) is 0.381. The maximum absolute atomic E-state index is 11.8. The van der Waals surface area contributed by atoms with Gasteiger partial charge in [-0.2, -0.15) is 0 Å². The lowest BCUT2D eigenvalue weighted by Crippen LogP contribution is -2.30. The van der Waals surface area contributed by atoms with E-state index in [9.17, 15) is 4.79 Å². The number of halogens is 1. The number of hydrogen-bond donors (Lipinski definition) is 1. The molecule has 26 heavy (non-hydrogen) atoms. The minimum absolute atomic E-state index is 0.0982. The summed E-state index contributed by atoms with van der Waals surface area (Å²) in [6, 6.07) is 15.2. The van der Waals surface area contributed by atoms with Crippen molar-refractivity contribution in [3.63, 3.8) is 0 Å². The van der Waals surface area contributed by atoms with Crippen LogP contribution in [0.1, 0.15) is 38.0 Å². The third kappa shape index (κ3) is 4.92. The molecular formula is C21H24ClNO3. The highest BCUT2D eigenvalue weighted by Crippen LogP contribution is 2.30. The fourth-order valence-electron chi connectivity index (χ4n) is 2.92. The first-order valence-electron chi connectivity index (χ1n) is 8.74. The van der Waals surface area contributed by atoms with Crippen LogP contribution in [0.15, 0.2) is 48.5 Å². The number of ether oxygens (including phenoxy) is 2. The topological polar surface area (TPSA) is 47.6 Å². The number of hydrogen-bond acceptors (Lipinski definition) is 3. The third-order valence-electron chi connectivity index (χ3n) is 4.11. The number of amides is 1. The van der Waals surface area contributed by atoms with Gasteiger partial charge >= 0.3 is 6.09 Å². The van der Waals surface area contributed by atoms with Crippen LogP contribution in [-0.4, -0.2) is 18.7 Å². The van der Waals surface area contributed by atoms with E-state index < -0.39 is 6.09 Å². The molecule has 1 amide bonds. The van der Waals surface area contributed by atoms with Gasteiger partial charge in [-0.1, -0.05) is 56.6 Å². The quantitative estimate of drug-likeness (QED) is 0.787. The maximum atomic E-state index is 11.8. The van der Waals surface area contributed by atoms with E-state index in [0.717, 1.165) is 16.9 Å². The van der Waals surface area contributed by atoms with Crippen molar-refractivity contribution < 1.29 is 14.3 Å². The van der Waals surface area contributed by atoms with Gasteiger partial charge in [0.05, 0.1) is 12.6 Å². The zero-order chi connectivity index (χ0) is 18.7. The Morgan fingerprint density at radius 1 is 1.15 bits per heavy atom. The van der Waals surface area contributed by atoms with E-state index in [2.05, 4.69) is 26.1 Å². The van der Waals surface area contributed by atoms with E-state index in [1.807, 2.05) is 42.5 Å². The fourth-order valence-corrected chi connectivity index (χ4v) is 3.12. The predicted molar refractivity (Wildman–Crippen MR) is 103 cm³/mol. The van der Waals surface area contributed by atoms with Crippen molar-refractivity contribution in [2.24, 2.45) is 5.41 Å². The van der Waals surface area contributed by atoms with Crippen LogP contribution in [0, 0.1) is 5.41 Å². The molecule has 1 heterocycles. The standard InChI is InChI=1S/C21H24ClNO3/c1-21(2,3)13-25-17-9-4-6-14(10-17)11-18-19(26-20(24)23-18)15-7-5-8-16(22)12-15/h4-10,12,18-19H,11,13H2,1-3H3,(H,23,24). The van der Waals surface area contributed by atoms with Crippen molar-refractivity contribution in [2.45, 2.75) is 39.3 Å². The van der Waals surface area contributed by atoms with Crippen molar-refractivity contribution in [1.29, 1.82) is 0 Å². The van der Waals surface area contributed by atoms with Crippen LogP contribution in [-0.2, 0) is 11.2 Å². The van der Waals surface area contributed by atoms with Gasteiger partial charge in [-0.15, -0.1) is 0 Å². The largest absolute Gasteiger partial charge is 0.493 e. The molecule has 0 spiro atoms. The zero-order valence-corrected chi connectivity index (χ0v) is 16.0. The average molecular weight is 374 g/mol. The Kier molecular flexibility index (Phi) is 5.42. The molecule has 138 valence electrons. The molecule has 5 heteroatoms. The Labute approximate surface area is 159 Å². The molecule has 0 aliphatic carbocycles. The van der Waals surface area contributed by atoms with Gasteiger partial charge in [-0.05, 0) is 47.2 Å². The smallest absolute Gasteiger partial charge is 0.408 e. The first-order valence-corrected chi connectivity index (χ1v) is 9.12. The minimum Gasteiger partial charge on any atom is -0.493 e. The van der Waals surface area contributed by atoms with Gasteiger partial charge in [0.25, 0.3) is 0 Å². The van der Waals surface area contributed by atoms with Gasteiger partial charge in [0.2, 0.25) is 0 Å². The van der Waals surface area contributed by atoms with Crippen molar-refractivity contribution in [3.8, 4) is 5.75 Å². The molecule has 3 rings (SSSR count). The summed E-state index contributed by atoms with van der Waals surface area (Å²) in [6.45, 7) is 7.05. The number of benzene rings is 2. The molecule has 1 fully saturated rings. The lowest BCUT2D eigenvalue weighted by atomic mass is 9.96. The van der Waals surface area contributed by atoms with Crippen LogP contribution in [0.4, 0.5) is 4.79 Å². The van der Waals surface area contributed by atoms with Crippen molar-refractivity contribution >= 4 is 17.7 Å². The monoisotopic (exact) mass is 373 g/mol. The van der Waals surface area contributed by atoms with Crippen LogP contribution in [0.25, 0.3) is 0 Å². The summed E-state index contributed by atoms with van der Waals surface area (Å²) in [6.07, 6.45) is -0.115. The molecular weight excluding hydrogens is 350 g/mol. The second-order valence-electron chi connectivity index (χ2n) is 7.83. The molecule has 4 nitrogen and oxygen atoms in total. The number of cyclic esters (lactones) is 1. The Bertz CT molecular complexity index is 785. The molecule has 1 aliphatic rings. The van der Waals surface area contributed by atoms with E-state index in [4.69, 9.17) is 21.1 Å². The first-order chi connectivity index (χ1) is 12.3. The Balaban J connectivity index is 1.73. The van der Waals surface area contributed by atoms with Crippen molar-refractivity contribution in [1.82, 2.24) is 5.32 Å². The predicted octanol–water partition coefficient (Wildman–Crippen LogP) is 5.16. The maximum Gasteiger partial charge on any atom is 0.408 e. The molecule has 2 aromatic rings. The summed E-state index contributed by atoms with van der Waals surface area (Å²) in [5.74, 6) is 0.835.